The highest BCUT2D eigenvalue weighted by Crippen LogP contribution is 2.24. The van der Waals surface area contributed by atoms with Crippen molar-refractivity contribution >= 4 is 35.0 Å². The third-order valence-corrected chi connectivity index (χ3v) is 6.49. The molecule has 1 saturated heterocycles. The first kappa shape index (κ1) is 26.9. The lowest BCUT2D eigenvalue weighted by atomic mass is 10.1. The first-order valence-corrected chi connectivity index (χ1v) is 12.8. The molecule has 0 bridgehead atoms. The number of nitrogens with zero attached hydrogens (tertiary/aromatic N) is 5. The molecule has 4 rings (SSSR count). The molecule has 8 nitrogen and oxygen atoms in total. The number of carbonyl (C=O) groups excluding carboxylic acids is 1. The molecule has 0 atom stereocenters. The molecule has 1 aromatic heterocycles. The van der Waals surface area contributed by atoms with Crippen LogP contribution in [-0.2, 0) is 6.54 Å². The molecule has 1 fully saturated rings. The molecule has 1 amide bonds. The molecule has 2 N–H and O–H groups in total. The van der Waals surface area contributed by atoms with Crippen molar-refractivity contribution in [3.63, 3.8) is 0 Å². The number of aliphatic imine (C=N–C) groups is 1. The average molecular weight is 510 g/mol. The largest absolute Gasteiger partial charge is 0.324 e. The third kappa shape index (κ3) is 7.21. The van der Waals surface area contributed by atoms with Gasteiger partial charge in [-0.3, -0.25) is 14.7 Å². The van der Waals surface area contributed by atoms with Crippen LogP contribution in [0, 0.1) is 6.92 Å². The van der Waals surface area contributed by atoms with Crippen molar-refractivity contribution in [1.82, 2.24) is 19.8 Å². The minimum Gasteiger partial charge on any atom is -0.324 e. The second kappa shape index (κ2) is 12.9. The zero-order chi connectivity index (χ0) is 26.9. The number of hydrogen-bond acceptors (Lipinski definition) is 7. The van der Waals surface area contributed by atoms with Gasteiger partial charge >= 0.3 is 0 Å². The van der Waals surface area contributed by atoms with E-state index >= 15 is 0 Å². The van der Waals surface area contributed by atoms with Gasteiger partial charge in [-0.1, -0.05) is 30.9 Å². The smallest absolute Gasteiger partial charge is 0.255 e. The lowest BCUT2D eigenvalue weighted by Crippen LogP contribution is -2.43. The van der Waals surface area contributed by atoms with Crippen LogP contribution in [0.3, 0.4) is 0 Å². The second-order valence-corrected chi connectivity index (χ2v) is 9.35. The van der Waals surface area contributed by atoms with Crippen LogP contribution in [0.4, 0.5) is 17.3 Å². The van der Waals surface area contributed by atoms with E-state index in [1.54, 1.807) is 24.7 Å². The van der Waals surface area contributed by atoms with Crippen molar-refractivity contribution in [3.05, 3.63) is 96.0 Å². The molecule has 0 radical (unpaired) electrons. The molecule has 0 aliphatic carbocycles. The molecule has 2 heterocycles. The van der Waals surface area contributed by atoms with Crippen molar-refractivity contribution in [1.29, 1.82) is 0 Å². The number of aromatic nitrogens is 2. The maximum atomic E-state index is 12.9. The van der Waals surface area contributed by atoms with Gasteiger partial charge < -0.3 is 15.5 Å². The van der Waals surface area contributed by atoms with Crippen LogP contribution >= 0.6 is 0 Å². The topological polar surface area (TPSA) is 85.7 Å². The van der Waals surface area contributed by atoms with Gasteiger partial charge in [0.15, 0.2) is 0 Å². The molecule has 1 aliphatic rings. The minimum absolute atomic E-state index is 0.151. The van der Waals surface area contributed by atoms with E-state index in [0.29, 0.717) is 22.9 Å². The number of allylic oxidation sites excluding steroid dienone is 2. The number of rotatable bonds is 9. The molecule has 38 heavy (non-hydrogen) atoms. The number of amides is 1. The molecule has 8 heteroatoms. The Bertz CT molecular complexity index is 1320. The molecule has 3 aromatic rings. The highest BCUT2D eigenvalue weighted by Gasteiger charge is 2.14. The highest BCUT2D eigenvalue weighted by molar-refractivity contribution is 6.04. The first-order chi connectivity index (χ1) is 18.4. The Kier molecular flexibility index (Phi) is 9.13. The Morgan fingerprint density at radius 2 is 1.87 bits per heavy atom. The number of anilines is 3. The number of hydrogen-bond donors (Lipinski definition) is 2. The molecule has 0 unspecified atom stereocenters. The first-order valence-electron chi connectivity index (χ1n) is 12.8. The number of piperazine rings is 1. The van der Waals surface area contributed by atoms with E-state index in [-0.39, 0.29) is 5.91 Å². The zero-order valence-corrected chi connectivity index (χ0v) is 22.3. The van der Waals surface area contributed by atoms with Crippen LogP contribution in [-0.4, -0.2) is 65.1 Å². The fraction of sp³-hybridized carbons (Fsp3) is 0.267. The molecule has 1 aliphatic heterocycles. The number of likely N-dealkylation sites (N-methyl/N-ethyl adjacent to an activating group) is 1. The van der Waals surface area contributed by atoms with Gasteiger partial charge in [0.1, 0.15) is 0 Å². The van der Waals surface area contributed by atoms with Gasteiger partial charge in [0.25, 0.3) is 5.91 Å². The summed E-state index contributed by atoms with van der Waals surface area (Å²) in [6.45, 7) is 12.9. The van der Waals surface area contributed by atoms with Crippen LogP contribution in [0.25, 0.3) is 5.57 Å². The van der Waals surface area contributed by atoms with Gasteiger partial charge in [0.2, 0.25) is 5.95 Å². The van der Waals surface area contributed by atoms with E-state index in [4.69, 9.17) is 0 Å². The molecule has 196 valence electrons. The van der Waals surface area contributed by atoms with Crippen LogP contribution in [0.5, 0.6) is 0 Å². The highest BCUT2D eigenvalue weighted by atomic mass is 16.1. The SMILES string of the molecule is C=C/C(=C\N=CC)c1ccnc(Nc2cc(NC(=O)c3ccc(CN4CCN(C)CC4)cc3)ccc2C)n1. The quantitative estimate of drug-likeness (QED) is 0.307. The van der Waals surface area contributed by atoms with Crippen LogP contribution < -0.4 is 10.6 Å². The van der Waals surface area contributed by atoms with Crippen molar-refractivity contribution in [2.45, 2.75) is 20.4 Å². The van der Waals surface area contributed by atoms with E-state index in [1.807, 2.05) is 62.4 Å². The van der Waals surface area contributed by atoms with Gasteiger partial charge in [-0.25, -0.2) is 9.97 Å². The number of nitrogens with one attached hydrogen (secondary N) is 2. The summed E-state index contributed by atoms with van der Waals surface area (Å²) in [5.41, 5.74) is 5.83. The number of aryl methyl sites for hydroxylation is 1. The molecule has 2 aromatic carbocycles. The lowest BCUT2D eigenvalue weighted by molar-refractivity contribution is 0.102. The van der Waals surface area contributed by atoms with E-state index in [1.165, 1.54) is 5.56 Å². The van der Waals surface area contributed by atoms with Crippen LogP contribution in [0.2, 0.25) is 0 Å². The second-order valence-electron chi connectivity index (χ2n) is 9.35. The van der Waals surface area contributed by atoms with E-state index in [2.05, 4.69) is 49.0 Å². The zero-order valence-electron chi connectivity index (χ0n) is 22.3. The summed E-state index contributed by atoms with van der Waals surface area (Å²) < 4.78 is 0. The summed E-state index contributed by atoms with van der Waals surface area (Å²) in [4.78, 5) is 30.8. The average Bonchev–Trinajstić information content (AvgIpc) is 2.93. The van der Waals surface area contributed by atoms with Crippen molar-refractivity contribution in [2.24, 2.45) is 4.99 Å². The molecular formula is C30H35N7O. The Balaban J connectivity index is 1.42. The van der Waals surface area contributed by atoms with E-state index in [0.717, 1.165) is 49.5 Å². The van der Waals surface area contributed by atoms with Gasteiger partial charge in [-0.05, 0) is 62.4 Å². The fourth-order valence-electron chi connectivity index (χ4n) is 4.14. The van der Waals surface area contributed by atoms with Gasteiger partial charge in [-0.15, -0.1) is 0 Å². The van der Waals surface area contributed by atoms with Crippen LogP contribution in [0.15, 0.2) is 78.6 Å². The number of benzene rings is 2. The van der Waals surface area contributed by atoms with Gasteiger partial charge in [-0.2, -0.15) is 0 Å². The summed E-state index contributed by atoms with van der Waals surface area (Å²) in [6.07, 6.45) is 6.81. The Morgan fingerprint density at radius 1 is 1.11 bits per heavy atom. The molecular weight excluding hydrogens is 474 g/mol. The van der Waals surface area contributed by atoms with Crippen molar-refractivity contribution in [2.75, 3.05) is 43.9 Å². The van der Waals surface area contributed by atoms with Crippen molar-refractivity contribution < 1.29 is 4.79 Å². The Morgan fingerprint density at radius 3 is 2.58 bits per heavy atom. The lowest BCUT2D eigenvalue weighted by Gasteiger charge is -2.32. The Labute approximate surface area is 224 Å². The van der Waals surface area contributed by atoms with E-state index in [9.17, 15) is 4.79 Å². The predicted molar refractivity (Wildman–Crippen MR) is 156 cm³/mol. The van der Waals surface area contributed by atoms with Gasteiger partial charge in [0, 0.05) is 73.8 Å². The maximum Gasteiger partial charge on any atom is 0.255 e. The molecule has 0 spiro atoms. The minimum atomic E-state index is -0.151. The van der Waals surface area contributed by atoms with Crippen molar-refractivity contribution in [3.8, 4) is 0 Å². The summed E-state index contributed by atoms with van der Waals surface area (Å²) in [6, 6.07) is 15.4. The fourth-order valence-corrected chi connectivity index (χ4v) is 4.14. The third-order valence-electron chi connectivity index (χ3n) is 6.49. The summed E-state index contributed by atoms with van der Waals surface area (Å²) in [5, 5.41) is 6.27. The summed E-state index contributed by atoms with van der Waals surface area (Å²) >= 11 is 0. The van der Waals surface area contributed by atoms with Crippen LogP contribution in [0.1, 0.15) is 34.1 Å². The maximum absolute atomic E-state index is 12.9. The standard InChI is InChI=1S/C30H35N7O/c1-5-24(20-31-6-2)27-13-14-32-30(34-27)35-28-19-26(12-7-22(28)3)33-29(38)25-10-8-23(9-11-25)21-37-17-15-36(4)16-18-37/h5-14,19-20H,1,15-18,21H2,2-4H3,(H,33,38)(H,32,34,35)/b24-20+,31-6?. The van der Waals surface area contributed by atoms with Gasteiger partial charge in [0.05, 0.1) is 5.69 Å². The molecule has 0 saturated carbocycles. The summed E-state index contributed by atoms with van der Waals surface area (Å²) in [7, 11) is 2.16. The Hall–Kier alpha value is -4.14. The summed E-state index contributed by atoms with van der Waals surface area (Å²) in [5.74, 6) is 0.291. The normalized spacial score (nSPS) is 15.0. The monoisotopic (exact) mass is 509 g/mol. The number of carbonyl (C=O) groups is 1. The van der Waals surface area contributed by atoms with E-state index < -0.39 is 0 Å². The predicted octanol–water partition coefficient (Wildman–Crippen LogP) is 5.15.